The molecule has 13 heavy (non-hydrogen) atoms. The molecule has 1 aromatic heterocycles. The van der Waals surface area contributed by atoms with Crippen molar-refractivity contribution >= 4 is 17.2 Å². The van der Waals surface area contributed by atoms with Gasteiger partial charge >= 0.3 is 0 Å². The van der Waals surface area contributed by atoms with Crippen molar-refractivity contribution in [1.82, 2.24) is 10.3 Å². The molecule has 0 aliphatic carbocycles. The summed E-state index contributed by atoms with van der Waals surface area (Å²) in [7, 11) is 0. The van der Waals surface area contributed by atoms with Crippen LogP contribution in [0, 0.1) is 13.8 Å². The van der Waals surface area contributed by atoms with Crippen LogP contribution in [-0.2, 0) is 0 Å². The van der Waals surface area contributed by atoms with Gasteiger partial charge in [0, 0.05) is 18.0 Å². The van der Waals surface area contributed by atoms with E-state index >= 15 is 0 Å². The Labute approximate surface area is 81.2 Å². The van der Waals surface area contributed by atoms with Gasteiger partial charge in [-0.05, 0) is 13.8 Å². The van der Waals surface area contributed by atoms with Crippen LogP contribution in [-0.4, -0.2) is 24.0 Å². The third-order valence-corrected chi connectivity index (χ3v) is 2.43. The van der Waals surface area contributed by atoms with Crippen LogP contribution < -0.4 is 11.1 Å². The maximum Gasteiger partial charge on any atom is 0.271 e. The fourth-order valence-electron chi connectivity index (χ4n) is 1.01. The number of nitrogens with two attached hydrogens (primary N) is 1. The predicted molar refractivity (Wildman–Crippen MR) is 53.0 cm³/mol. The summed E-state index contributed by atoms with van der Waals surface area (Å²) in [5.74, 6) is -0.132. The van der Waals surface area contributed by atoms with E-state index in [9.17, 15) is 4.79 Å². The lowest BCUT2D eigenvalue weighted by molar-refractivity contribution is 0.0950. The van der Waals surface area contributed by atoms with Gasteiger partial charge in [-0.25, -0.2) is 4.98 Å². The molecule has 1 aromatic rings. The molecule has 4 nitrogen and oxygen atoms in total. The van der Waals surface area contributed by atoms with Crippen LogP contribution in [0.15, 0.2) is 0 Å². The van der Waals surface area contributed by atoms with Gasteiger partial charge in [-0.15, -0.1) is 11.3 Å². The van der Waals surface area contributed by atoms with Gasteiger partial charge in [0.2, 0.25) is 0 Å². The summed E-state index contributed by atoms with van der Waals surface area (Å²) in [6.07, 6.45) is 0. The second-order valence-electron chi connectivity index (χ2n) is 2.68. The highest BCUT2D eigenvalue weighted by molar-refractivity contribution is 7.11. The van der Waals surface area contributed by atoms with Crippen LogP contribution in [0.3, 0.4) is 0 Å². The lowest BCUT2D eigenvalue weighted by Crippen LogP contribution is -2.29. The first-order valence-electron chi connectivity index (χ1n) is 4.07. The lowest BCUT2D eigenvalue weighted by atomic mass is 10.3. The number of aryl methyl sites for hydroxylation is 2. The molecule has 1 rings (SSSR count). The first-order chi connectivity index (χ1) is 6.15. The average molecular weight is 199 g/mol. The van der Waals surface area contributed by atoms with Gasteiger partial charge in [0.15, 0.2) is 0 Å². The van der Waals surface area contributed by atoms with Crippen LogP contribution in [0.2, 0.25) is 0 Å². The average Bonchev–Trinajstić information content (AvgIpc) is 2.41. The van der Waals surface area contributed by atoms with E-state index in [1.165, 1.54) is 11.3 Å². The monoisotopic (exact) mass is 199 g/mol. The molecule has 0 aromatic carbocycles. The van der Waals surface area contributed by atoms with E-state index in [1.54, 1.807) is 0 Å². The van der Waals surface area contributed by atoms with E-state index < -0.39 is 0 Å². The second kappa shape index (κ2) is 4.34. The number of nitrogens with one attached hydrogen (secondary N) is 1. The highest BCUT2D eigenvalue weighted by Crippen LogP contribution is 2.15. The zero-order chi connectivity index (χ0) is 9.84. The molecule has 0 atom stereocenters. The zero-order valence-electron chi connectivity index (χ0n) is 7.76. The molecule has 1 heterocycles. The third-order valence-electron chi connectivity index (χ3n) is 1.55. The SMILES string of the molecule is Cc1nc(C(=O)NCCN)c(C)s1. The highest BCUT2D eigenvalue weighted by Gasteiger charge is 2.12. The Hall–Kier alpha value is -0.940. The molecule has 0 aliphatic heterocycles. The number of aromatic nitrogens is 1. The van der Waals surface area contributed by atoms with Crippen molar-refractivity contribution < 1.29 is 4.79 Å². The molecule has 0 aliphatic rings. The minimum atomic E-state index is -0.132. The van der Waals surface area contributed by atoms with Crippen molar-refractivity contribution in [2.45, 2.75) is 13.8 Å². The maximum absolute atomic E-state index is 11.4. The zero-order valence-corrected chi connectivity index (χ0v) is 8.57. The molecule has 0 bridgehead atoms. The smallest absolute Gasteiger partial charge is 0.271 e. The Morgan fingerprint density at radius 2 is 2.31 bits per heavy atom. The molecule has 0 saturated heterocycles. The predicted octanol–water partition coefficient (Wildman–Crippen LogP) is 0.448. The van der Waals surface area contributed by atoms with Gasteiger partial charge in [0.05, 0.1) is 5.01 Å². The van der Waals surface area contributed by atoms with Crippen LogP contribution in [0.4, 0.5) is 0 Å². The summed E-state index contributed by atoms with van der Waals surface area (Å²) < 4.78 is 0. The molecule has 72 valence electrons. The molecule has 0 spiro atoms. The number of carbonyl (C=O) groups is 1. The van der Waals surface area contributed by atoms with Gasteiger partial charge in [0.25, 0.3) is 5.91 Å². The van der Waals surface area contributed by atoms with Crippen LogP contribution in [0.1, 0.15) is 20.4 Å². The topological polar surface area (TPSA) is 68.0 Å². The lowest BCUT2D eigenvalue weighted by Gasteiger charge is -2.00. The number of nitrogens with zero attached hydrogens (tertiary/aromatic N) is 1. The Bertz CT molecular complexity index is 308. The number of thiazole rings is 1. The Kier molecular flexibility index (Phi) is 3.39. The second-order valence-corrected chi connectivity index (χ2v) is 4.09. The number of hydrogen-bond acceptors (Lipinski definition) is 4. The fourth-order valence-corrected chi connectivity index (χ4v) is 1.82. The van der Waals surface area contributed by atoms with Crippen LogP contribution in [0.5, 0.6) is 0 Å². The van der Waals surface area contributed by atoms with Crippen LogP contribution >= 0.6 is 11.3 Å². The molecule has 0 unspecified atom stereocenters. The Morgan fingerprint density at radius 3 is 2.77 bits per heavy atom. The van der Waals surface area contributed by atoms with Crippen molar-refractivity contribution in [2.75, 3.05) is 13.1 Å². The van der Waals surface area contributed by atoms with E-state index in [-0.39, 0.29) is 5.91 Å². The molecule has 0 radical (unpaired) electrons. The van der Waals surface area contributed by atoms with Crippen molar-refractivity contribution in [3.05, 3.63) is 15.6 Å². The normalized spacial score (nSPS) is 10.1. The third kappa shape index (κ3) is 2.50. The molecule has 3 N–H and O–H groups in total. The van der Waals surface area contributed by atoms with Gasteiger partial charge in [-0.2, -0.15) is 0 Å². The van der Waals surface area contributed by atoms with Crippen molar-refractivity contribution in [2.24, 2.45) is 5.73 Å². The van der Waals surface area contributed by atoms with E-state index in [2.05, 4.69) is 10.3 Å². The molecule has 5 heteroatoms. The standard InChI is InChI=1S/C8H13N3OS/c1-5-7(11-6(2)13-5)8(12)10-4-3-9/h3-4,9H2,1-2H3,(H,10,12). The van der Waals surface area contributed by atoms with E-state index in [0.29, 0.717) is 18.8 Å². The first-order valence-corrected chi connectivity index (χ1v) is 4.89. The summed E-state index contributed by atoms with van der Waals surface area (Å²) >= 11 is 1.53. The fraction of sp³-hybridized carbons (Fsp3) is 0.500. The Balaban J connectivity index is 2.70. The summed E-state index contributed by atoms with van der Waals surface area (Å²) in [4.78, 5) is 16.5. The van der Waals surface area contributed by atoms with Gasteiger partial charge in [-0.3, -0.25) is 4.79 Å². The number of hydrogen-bond donors (Lipinski definition) is 2. The van der Waals surface area contributed by atoms with E-state index in [1.807, 2.05) is 13.8 Å². The van der Waals surface area contributed by atoms with Gasteiger partial charge in [0.1, 0.15) is 5.69 Å². The van der Waals surface area contributed by atoms with Crippen molar-refractivity contribution in [3.63, 3.8) is 0 Å². The number of amides is 1. The molecule has 0 saturated carbocycles. The van der Waals surface area contributed by atoms with Crippen molar-refractivity contribution in [3.8, 4) is 0 Å². The van der Waals surface area contributed by atoms with E-state index in [0.717, 1.165) is 9.88 Å². The number of carbonyl (C=O) groups excluding carboxylic acids is 1. The summed E-state index contributed by atoms with van der Waals surface area (Å²) in [6.45, 7) is 4.72. The summed E-state index contributed by atoms with van der Waals surface area (Å²) in [5, 5.41) is 3.60. The molecular formula is C8H13N3OS. The molecule has 0 fully saturated rings. The summed E-state index contributed by atoms with van der Waals surface area (Å²) in [5.41, 5.74) is 5.79. The minimum absolute atomic E-state index is 0.132. The van der Waals surface area contributed by atoms with Gasteiger partial charge in [-0.1, -0.05) is 0 Å². The number of rotatable bonds is 3. The Morgan fingerprint density at radius 1 is 1.62 bits per heavy atom. The quantitative estimate of drug-likeness (QED) is 0.742. The first kappa shape index (κ1) is 10.1. The molecule has 1 amide bonds. The summed E-state index contributed by atoms with van der Waals surface area (Å²) in [6, 6.07) is 0. The highest BCUT2D eigenvalue weighted by atomic mass is 32.1. The van der Waals surface area contributed by atoms with E-state index in [4.69, 9.17) is 5.73 Å². The van der Waals surface area contributed by atoms with Crippen LogP contribution in [0.25, 0.3) is 0 Å². The van der Waals surface area contributed by atoms with Crippen molar-refractivity contribution in [1.29, 1.82) is 0 Å². The van der Waals surface area contributed by atoms with Gasteiger partial charge < -0.3 is 11.1 Å². The minimum Gasteiger partial charge on any atom is -0.349 e. The molecular weight excluding hydrogens is 186 g/mol. The largest absolute Gasteiger partial charge is 0.349 e. The maximum atomic E-state index is 11.4.